The highest BCUT2D eigenvalue weighted by Crippen LogP contribution is 2.39. The predicted molar refractivity (Wildman–Crippen MR) is 95.8 cm³/mol. The average molecular weight is 405 g/mol. The third-order valence-electron chi connectivity index (χ3n) is 4.63. The topological polar surface area (TPSA) is 56.1 Å². The first kappa shape index (κ1) is 15.8. The number of nitrogens with zero attached hydrogens (tertiary/aromatic N) is 5. The smallest absolute Gasteiger partial charge is 0.148 e. The quantitative estimate of drug-likeness (QED) is 0.786. The molecule has 0 N–H and O–H groups in total. The molecule has 0 aliphatic carbocycles. The fourth-order valence-electron chi connectivity index (χ4n) is 3.65. The van der Waals surface area contributed by atoms with Crippen LogP contribution in [0.1, 0.15) is 17.5 Å². The van der Waals surface area contributed by atoms with Crippen molar-refractivity contribution in [2.24, 2.45) is 0 Å². The van der Waals surface area contributed by atoms with Crippen molar-refractivity contribution in [2.75, 3.05) is 18.0 Å². The van der Waals surface area contributed by atoms with Crippen LogP contribution in [0.15, 0.2) is 35.2 Å². The molecule has 2 bridgehead atoms. The van der Waals surface area contributed by atoms with Crippen molar-refractivity contribution in [3.05, 3.63) is 51.3 Å². The van der Waals surface area contributed by atoms with Gasteiger partial charge in [-0.15, -0.1) is 0 Å². The molecule has 3 fully saturated rings. The first-order valence-corrected chi connectivity index (χ1v) is 8.97. The predicted octanol–water partition coefficient (Wildman–Crippen LogP) is 3.23. The molecule has 2 unspecified atom stereocenters. The summed E-state index contributed by atoms with van der Waals surface area (Å²) in [6.45, 7) is 2.88. The van der Waals surface area contributed by atoms with Crippen LogP contribution < -0.4 is 4.90 Å². The Hall–Kier alpha value is -1.68. The second-order valence-corrected chi connectivity index (χ2v) is 7.62. The minimum Gasteiger partial charge on any atom is -0.347 e. The van der Waals surface area contributed by atoms with Crippen molar-refractivity contribution in [3.8, 4) is 6.07 Å². The normalized spacial score (nSPS) is 22.8. The number of piperazine rings is 1. The third kappa shape index (κ3) is 2.88. The van der Waals surface area contributed by atoms with E-state index in [0.717, 1.165) is 29.9 Å². The second kappa shape index (κ2) is 6.32. The molecule has 3 saturated heterocycles. The summed E-state index contributed by atoms with van der Waals surface area (Å²) in [5.74, 6) is 0.806. The molecule has 5 heterocycles. The van der Waals surface area contributed by atoms with Crippen LogP contribution in [-0.4, -0.2) is 40.0 Å². The van der Waals surface area contributed by atoms with Crippen molar-refractivity contribution < 1.29 is 0 Å². The summed E-state index contributed by atoms with van der Waals surface area (Å²) in [5.41, 5.74) is 1.71. The van der Waals surface area contributed by atoms with Gasteiger partial charge in [-0.25, -0.2) is 4.98 Å². The molecule has 3 aliphatic rings. The molecule has 2 aromatic heterocycles. The van der Waals surface area contributed by atoms with Crippen molar-refractivity contribution in [3.63, 3.8) is 0 Å². The van der Waals surface area contributed by atoms with Gasteiger partial charge in [-0.2, -0.15) is 5.26 Å². The lowest BCUT2D eigenvalue weighted by Gasteiger charge is -2.57. The molecule has 0 amide bonds. The monoisotopic (exact) mass is 403 g/mol. The molecule has 7 heteroatoms. The molecule has 0 aromatic carbocycles. The Bertz CT molecular complexity index is 809. The van der Waals surface area contributed by atoms with Gasteiger partial charge in [-0.1, -0.05) is 11.6 Å². The highest BCUT2D eigenvalue weighted by molar-refractivity contribution is 9.10. The van der Waals surface area contributed by atoms with Gasteiger partial charge in [0.25, 0.3) is 0 Å². The molecule has 122 valence electrons. The Morgan fingerprint density at radius 3 is 2.71 bits per heavy atom. The van der Waals surface area contributed by atoms with E-state index in [1.54, 1.807) is 18.5 Å². The van der Waals surface area contributed by atoms with Gasteiger partial charge < -0.3 is 4.90 Å². The molecular formula is C17H15BrClN5. The SMILES string of the molecule is N#Cc1cnc(N2C3CC2CN(Cc2cncc(Br)c2)C3)c(Cl)c1. The number of nitriles is 1. The Morgan fingerprint density at radius 2 is 2.04 bits per heavy atom. The molecule has 24 heavy (non-hydrogen) atoms. The van der Waals surface area contributed by atoms with Crippen LogP contribution in [0.4, 0.5) is 5.82 Å². The molecule has 0 radical (unpaired) electrons. The number of halogens is 2. The fraction of sp³-hybridized carbons (Fsp3) is 0.353. The van der Waals surface area contributed by atoms with E-state index in [1.165, 1.54) is 12.0 Å². The summed E-state index contributed by atoms with van der Waals surface area (Å²) in [5, 5.41) is 9.50. The summed E-state index contributed by atoms with van der Waals surface area (Å²) in [6.07, 6.45) is 6.49. The number of piperidine rings is 1. The van der Waals surface area contributed by atoms with E-state index in [2.05, 4.69) is 47.8 Å². The summed E-state index contributed by atoms with van der Waals surface area (Å²) < 4.78 is 1.01. The third-order valence-corrected chi connectivity index (χ3v) is 5.34. The summed E-state index contributed by atoms with van der Waals surface area (Å²) in [4.78, 5) is 13.4. The largest absolute Gasteiger partial charge is 0.347 e. The number of fused-ring (bicyclic) bond motifs is 2. The van der Waals surface area contributed by atoms with E-state index in [9.17, 15) is 0 Å². The molecule has 5 rings (SSSR count). The Balaban J connectivity index is 1.46. The molecule has 0 spiro atoms. The van der Waals surface area contributed by atoms with Crippen LogP contribution in [0.2, 0.25) is 5.02 Å². The number of pyridine rings is 2. The molecule has 2 atom stereocenters. The highest BCUT2D eigenvalue weighted by Gasteiger charge is 2.45. The maximum atomic E-state index is 8.94. The second-order valence-electron chi connectivity index (χ2n) is 6.30. The van der Waals surface area contributed by atoms with E-state index in [1.807, 2.05) is 6.20 Å². The van der Waals surface area contributed by atoms with Gasteiger partial charge in [0.1, 0.15) is 11.9 Å². The molecule has 2 aromatic rings. The van der Waals surface area contributed by atoms with E-state index in [-0.39, 0.29) is 0 Å². The maximum Gasteiger partial charge on any atom is 0.148 e. The number of anilines is 1. The zero-order chi connectivity index (χ0) is 16.7. The highest BCUT2D eigenvalue weighted by atomic mass is 79.9. The number of rotatable bonds is 3. The van der Waals surface area contributed by atoms with Crippen molar-refractivity contribution in [2.45, 2.75) is 25.0 Å². The van der Waals surface area contributed by atoms with Crippen molar-refractivity contribution in [1.29, 1.82) is 5.26 Å². The molecule has 0 saturated carbocycles. The van der Waals surface area contributed by atoms with Crippen LogP contribution in [0.25, 0.3) is 0 Å². The fourth-order valence-corrected chi connectivity index (χ4v) is 4.33. The van der Waals surface area contributed by atoms with Crippen LogP contribution in [0.3, 0.4) is 0 Å². The lowest BCUT2D eigenvalue weighted by Crippen LogP contribution is -2.69. The standard InChI is InChI=1S/C17H15BrClN5/c18-13-1-12(5-21-7-13)8-23-9-14-3-15(10-23)24(14)17-16(19)2-11(4-20)6-22-17/h1-2,5-7,14-15H,3,8-10H2. The van der Waals surface area contributed by atoms with Gasteiger partial charge in [0.15, 0.2) is 0 Å². The number of hydrogen-bond acceptors (Lipinski definition) is 5. The molecular weight excluding hydrogens is 390 g/mol. The summed E-state index contributed by atoms with van der Waals surface area (Å²) in [6, 6.07) is 6.75. The van der Waals surface area contributed by atoms with Gasteiger partial charge in [0, 0.05) is 54.8 Å². The first-order chi connectivity index (χ1) is 11.6. The zero-order valence-electron chi connectivity index (χ0n) is 12.9. The van der Waals surface area contributed by atoms with E-state index in [0.29, 0.717) is 22.7 Å². The first-order valence-electron chi connectivity index (χ1n) is 7.80. The van der Waals surface area contributed by atoms with E-state index >= 15 is 0 Å². The summed E-state index contributed by atoms with van der Waals surface area (Å²) >= 11 is 9.80. The van der Waals surface area contributed by atoms with Gasteiger partial charge in [-0.05, 0) is 40.0 Å². The van der Waals surface area contributed by atoms with E-state index < -0.39 is 0 Å². The van der Waals surface area contributed by atoms with Crippen LogP contribution >= 0.6 is 27.5 Å². The zero-order valence-corrected chi connectivity index (χ0v) is 15.2. The number of aromatic nitrogens is 2. The van der Waals surface area contributed by atoms with Gasteiger partial charge in [-0.3, -0.25) is 9.88 Å². The summed E-state index contributed by atoms with van der Waals surface area (Å²) in [7, 11) is 0. The Morgan fingerprint density at radius 1 is 1.25 bits per heavy atom. The average Bonchev–Trinajstić information content (AvgIpc) is 2.56. The maximum absolute atomic E-state index is 8.94. The van der Waals surface area contributed by atoms with Crippen LogP contribution in [-0.2, 0) is 6.54 Å². The molecule has 3 aliphatic heterocycles. The van der Waals surface area contributed by atoms with Crippen LogP contribution in [0, 0.1) is 11.3 Å². The minimum atomic E-state index is 0.432. The van der Waals surface area contributed by atoms with Gasteiger partial charge in [0.2, 0.25) is 0 Å². The van der Waals surface area contributed by atoms with Crippen LogP contribution in [0.5, 0.6) is 0 Å². The lowest BCUT2D eigenvalue weighted by molar-refractivity contribution is 0.107. The molecule has 5 nitrogen and oxygen atoms in total. The lowest BCUT2D eigenvalue weighted by atomic mass is 9.87. The van der Waals surface area contributed by atoms with Gasteiger partial charge in [0.05, 0.1) is 10.6 Å². The van der Waals surface area contributed by atoms with Crippen molar-refractivity contribution in [1.82, 2.24) is 14.9 Å². The van der Waals surface area contributed by atoms with Gasteiger partial charge >= 0.3 is 0 Å². The minimum absolute atomic E-state index is 0.432. The Kier molecular flexibility index (Phi) is 4.17. The number of hydrogen-bond donors (Lipinski definition) is 0. The van der Waals surface area contributed by atoms with E-state index in [4.69, 9.17) is 16.9 Å². The van der Waals surface area contributed by atoms with Crippen molar-refractivity contribution >= 4 is 33.3 Å². The Labute approximate surface area is 154 Å².